The highest BCUT2D eigenvalue weighted by Crippen LogP contribution is 2.36. The summed E-state index contributed by atoms with van der Waals surface area (Å²) >= 11 is 0. The van der Waals surface area contributed by atoms with Crippen LogP contribution in [0.25, 0.3) is 0 Å². The van der Waals surface area contributed by atoms with Crippen LogP contribution >= 0.6 is 7.60 Å². The average Bonchev–Trinajstić information content (AvgIpc) is 2.12. The molecule has 1 aliphatic rings. The number of hydrogen-bond donors (Lipinski definition) is 3. The van der Waals surface area contributed by atoms with Crippen molar-refractivity contribution in [1.82, 2.24) is 4.90 Å². The van der Waals surface area contributed by atoms with E-state index < -0.39 is 13.9 Å². The third kappa shape index (κ3) is 2.54. The van der Waals surface area contributed by atoms with Crippen molar-refractivity contribution in [3.63, 3.8) is 0 Å². The molecule has 0 amide bonds. The van der Waals surface area contributed by atoms with Gasteiger partial charge in [0.15, 0.2) is 5.88 Å². The first-order valence-corrected chi connectivity index (χ1v) is 4.97. The van der Waals surface area contributed by atoms with Crippen LogP contribution in [-0.4, -0.2) is 32.6 Å². The van der Waals surface area contributed by atoms with Gasteiger partial charge in [0.25, 0.3) is 0 Å². The van der Waals surface area contributed by atoms with E-state index in [2.05, 4.69) is 0 Å². The lowest BCUT2D eigenvalue weighted by Gasteiger charge is -2.18. The monoisotopic (exact) mass is 179 g/mol. The summed E-state index contributed by atoms with van der Waals surface area (Å²) in [6, 6.07) is 0. The summed E-state index contributed by atoms with van der Waals surface area (Å²) in [6.07, 6.45) is 1.79. The topological polar surface area (TPSA) is 81.0 Å². The molecule has 1 aliphatic heterocycles. The van der Waals surface area contributed by atoms with E-state index in [1.54, 1.807) is 0 Å². The van der Waals surface area contributed by atoms with Crippen molar-refractivity contribution in [1.29, 1.82) is 0 Å². The van der Waals surface area contributed by atoms with Crippen molar-refractivity contribution in [2.45, 2.75) is 6.42 Å². The highest BCUT2D eigenvalue weighted by molar-refractivity contribution is 7.51. The molecule has 0 atom stereocenters. The van der Waals surface area contributed by atoms with Crippen LogP contribution in [0.15, 0.2) is 12.0 Å². The normalized spacial score (nSPS) is 18.7. The second kappa shape index (κ2) is 2.85. The van der Waals surface area contributed by atoms with Crippen molar-refractivity contribution in [2.75, 3.05) is 12.8 Å². The molecule has 64 valence electrons. The minimum absolute atomic E-state index is 0.0340. The van der Waals surface area contributed by atoms with Crippen molar-refractivity contribution >= 4 is 7.60 Å². The Hall–Kier alpha value is -0.510. The van der Waals surface area contributed by atoms with Crippen LogP contribution < -0.4 is 0 Å². The van der Waals surface area contributed by atoms with Crippen LogP contribution in [0.4, 0.5) is 0 Å². The summed E-state index contributed by atoms with van der Waals surface area (Å²) in [4.78, 5) is 18.3. The zero-order chi connectivity index (χ0) is 8.48. The van der Waals surface area contributed by atoms with E-state index in [-0.39, 0.29) is 5.88 Å². The molecule has 11 heavy (non-hydrogen) atoms. The Morgan fingerprint density at radius 2 is 2.27 bits per heavy atom. The molecule has 0 aromatic carbocycles. The van der Waals surface area contributed by atoms with Gasteiger partial charge in [-0.05, 0) is 12.5 Å². The van der Waals surface area contributed by atoms with Crippen LogP contribution in [0.2, 0.25) is 0 Å². The molecule has 3 N–H and O–H groups in total. The van der Waals surface area contributed by atoms with Gasteiger partial charge < -0.3 is 19.8 Å². The Bertz CT molecular complexity index is 221. The number of aliphatic hydroxyl groups excluding tert-OH is 1. The van der Waals surface area contributed by atoms with Crippen molar-refractivity contribution in [2.24, 2.45) is 0 Å². The van der Waals surface area contributed by atoms with E-state index in [1.807, 2.05) is 0 Å². The van der Waals surface area contributed by atoms with Crippen LogP contribution in [0.5, 0.6) is 0 Å². The summed E-state index contributed by atoms with van der Waals surface area (Å²) < 4.78 is 10.4. The molecule has 5 nitrogen and oxygen atoms in total. The summed E-state index contributed by atoms with van der Waals surface area (Å²) in [6.45, 7) is 0.483. The second-order valence-corrected chi connectivity index (χ2v) is 4.03. The van der Waals surface area contributed by atoms with Crippen molar-refractivity contribution in [3.8, 4) is 0 Å². The van der Waals surface area contributed by atoms with E-state index in [9.17, 15) is 4.57 Å². The van der Waals surface area contributed by atoms with Gasteiger partial charge >= 0.3 is 7.60 Å². The first-order valence-electron chi connectivity index (χ1n) is 3.18. The largest absolute Gasteiger partial charge is 0.495 e. The molecule has 0 spiro atoms. The first-order chi connectivity index (χ1) is 4.99. The van der Waals surface area contributed by atoms with Crippen LogP contribution in [0.1, 0.15) is 6.42 Å². The molecule has 0 bridgehead atoms. The molecule has 0 aromatic heterocycles. The summed E-state index contributed by atoms with van der Waals surface area (Å²) in [5.41, 5.74) is 0. The molecule has 6 heteroatoms. The van der Waals surface area contributed by atoms with Gasteiger partial charge in [0.1, 0.15) is 6.29 Å². The molecule has 1 heterocycles. The van der Waals surface area contributed by atoms with Crippen LogP contribution in [-0.2, 0) is 4.57 Å². The standard InChI is InChI=1S/C5H10NO4P/c7-5-2-1-3-6(5)4-11(8,9)10/h2,7H,1,3-4H2,(H2,8,9,10). The minimum Gasteiger partial charge on any atom is -0.495 e. The predicted octanol–water partition coefficient (Wildman–Crippen LogP) is 0.227. The average molecular weight is 179 g/mol. The fourth-order valence-corrected chi connectivity index (χ4v) is 1.69. The molecule has 0 saturated carbocycles. The molecule has 0 fully saturated rings. The number of hydrogen-bond acceptors (Lipinski definition) is 3. The molecule has 0 aliphatic carbocycles. The molecule has 0 radical (unpaired) electrons. The third-order valence-corrected chi connectivity index (χ3v) is 2.11. The number of aliphatic hydroxyl groups is 1. The predicted molar refractivity (Wildman–Crippen MR) is 38.9 cm³/mol. The van der Waals surface area contributed by atoms with Gasteiger partial charge in [0, 0.05) is 6.54 Å². The SMILES string of the molecule is O=P(O)(O)CN1CCC=C1O. The van der Waals surface area contributed by atoms with Crippen molar-refractivity contribution < 1.29 is 19.5 Å². The number of rotatable bonds is 2. The lowest BCUT2D eigenvalue weighted by molar-refractivity contribution is 0.230. The highest BCUT2D eigenvalue weighted by Gasteiger charge is 2.22. The third-order valence-electron chi connectivity index (χ3n) is 1.40. The van der Waals surface area contributed by atoms with E-state index in [4.69, 9.17) is 14.9 Å². The van der Waals surface area contributed by atoms with E-state index >= 15 is 0 Å². The Labute approximate surface area is 64.1 Å². The van der Waals surface area contributed by atoms with Gasteiger partial charge in [-0.3, -0.25) is 4.57 Å². The smallest absolute Gasteiger partial charge is 0.344 e. The molecule has 0 unspecified atom stereocenters. The van der Waals surface area contributed by atoms with E-state index in [0.29, 0.717) is 13.0 Å². The van der Waals surface area contributed by atoms with Gasteiger partial charge in [-0.2, -0.15) is 0 Å². The maximum atomic E-state index is 10.4. The van der Waals surface area contributed by atoms with Gasteiger partial charge in [-0.1, -0.05) is 0 Å². The molecular formula is C5H10NO4P. The molecular weight excluding hydrogens is 169 g/mol. The lowest BCUT2D eigenvalue weighted by Crippen LogP contribution is -2.20. The Balaban J connectivity index is 2.52. The van der Waals surface area contributed by atoms with Crippen LogP contribution in [0, 0.1) is 0 Å². The van der Waals surface area contributed by atoms with Gasteiger partial charge in [-0.25, -0.2) is 0 Å². The Morgan fingerprint density at radius 1 is 1.64 bits per heavy atom. The summed E-state index contributed by atoms with van der Waals surface area (Å²) in [5.74, 6) is -0.0340. The summed E-state index contributed by atoms with van der Waals surface area (Å²) in [5, 5.41) is 9.00. The lowest BCUT2D eigenvalue weighted by atomic mass is 10.5. The van der Waals surface area contributed by atoms with E-state index in [0.717, 1.165) is 0 Å². The fraction of sp³-hybridized carbons (Fsp3) is 0.600. The Morgan fingerprint density at radius 3 is 2.64 bits per heavy atom. The van der Waals surface area contributed by atoms with Gasteiger partial charge in [0.05, 0.1) is 0 Å². The molecule has 0 saturated heterocycles. The van der Waals surface area contributed by atoms with Crippen molar-refractivity contribution in [3.05, 3.63) is 12.0 Å². The summed E-state index contributed by atoms with van der Waals surface area (Å²) in [7, 11) is -4.03. The van der Waals surface area contributed by atoms with E-state index in [1.165, 1.54) is 11.0 Å². The number of nitrogens with zero attached hydrogens (tertiary/aromatic N) is 1. The maximum Gasteiger partial charge on any atom is 0.344 e. The maximum absolute atomic E-state index is 10.4. The second-order valence-electron chi connectivity index (χ2n) is 2.42. The van der Waals surface area contributed by atoms with Crippen LogP contribution in [0.3, 0.4) is 0 Å². The quantitative estimate of drug-likeness (QED) is 0.528. The fourth-order valence-electron chi connectivity index (χ4n) is 0.959. The first kappa shape index (κ1) is 8.59. The zero-order valence-corrected chi connectivity index (χ0v) is 6.74. The molecule has 1 rings (SSSR count). The minimum atomic E-state index is -4.03. The molecule has 0 aromatic rings. The Kier molecular flexibility index (Phi) is 2.23. The van der Waals surface area contributed by atoms with Gasteiger partial charge in [-0.15, -0.1) is 0 Å². The zero-order valence-electron chi connectivity index (χ0n) is 5.84. The van der Waals surface area contributed by atoms with Gasteiger partial charge in [0.2, 0.25) is 0 Å². The highest BCUT2D eigenvalue weighted by atomic mass is 31.2.